The zero-order valence-corrected chi connectivity index (χ0v) is 16.2. The Bertz CT molecular complexity index is 882. The zero-order valence-electron chi connectivity index (χ0n) is 15.4. The molecule has 0 spiro atoms. The van der Waals surface area contributed by atoms with Crippen LogP contribution in [0.5, 0.6) is 5.75 Å². The number of esters is 1. The largest absolute Gasteiger partial charge is 0.497 e. The molecule has 2 N–H and O–H groups in total. The van der Waals surface area contributed by atoms with Crippen molar-refractivity contribution in [2.75, 3.05) is 20.2 Å². The van der Waals surface area contributed by atoms with Crippen LogP contribution in [-0.4, -0.2) is 40.5 Å². The Morgan fingerprint density at radius 2 is 1.68 bits per heavy atom. The molecule has 0 aromatic heterocycles. The number of rotatable bonds is 10. The predicted molar refractivity (Wildman–Crippen MR) is 102 cm³/mol. The van der Waals surface area contributed by atoms with E-state index in [9.17, 15) is 18.0 Å². The molecule has 150 valence electrons. The first-order chi connectivity index (χ1) is 13.4. The van der Waals surface area contributed by atoms with Gasteiger partial charge < -0.3 is 14.8 Å². The summed E-state index contributed by atoms with van der Waals surface area (Å²) in [7, 11) is -2.24. The number of hydrogen-bond acceptors (Lipinski definition) is 6. The van der Waals surface area contributed by atoms with Crippen LogP contribution in [0.4, 0.5) is 0 Å². The van der Waals surface area contributed by atoms with E-state index in [1.807, 2.05) is 30.3 Å². The molecule has 0 radical (unpaired) electrons. The molecular weight excluding hydrogens is 384 g/mol. The average Bonchev–Trinajstić information content (AvgIpc) is 2.71. The maximum atomic E-state index is 12.1. The van der Waals surface area contributed by atoms with Crippen molar-refractivity contribution in [2.24, 2.45) is 0 Å². The summed E-state index contributed by atoms with van der Waals surface area (Å²) in [6, 6.07) is 15.0. The highest BCUT2D eigenvalue weighted by Crippen LogP contribution is 2.15. The number of ether oxygens (including phenoxy) is 2. The Morgan fingerprint density at radius 1 is 1.00 bits per heavy atom. The summed E-state index contributed by atoms with van der Waals surface area (Å²) in [6.45, 7) is -0.257. The first-order valence-corrected chi connectivity index (χ1v) is 9.99. The molecule has 9 heteroatoms. The molecule has 0 bridgehead atoms. The van der Waals surface area contributed by atoms with Crippen molar-refractivity contribution in [1.29, 1.82) is 0 Å². The van der Waals surface area contributed by atoms with Crippen LogP contribution in [0.3, 0.4) is 0 Å². The van der Waals surface area contributed by atoms with Gasteiger partial charge in [-0.3, -0.25) is 9.59 Å². The minimum Gasteiger partial charge on any atom is -0.497 e. The predicted octanol–water partition coefficient (Wildman–Crippen LogP) is 1.22. The first-order valence-electron chi connectivity index (χ1n) is 8.50. The lowest BCUT2D eigenvalue weighted by Gasteiger charge is -2.08. The first kappa shape index (κ1) is 21.4. The fourth-order valence-electron chi connectivity index (χ4n) is 2.19. The molecule has 0 atom stereocenters. The molecule has 2 rings (SSSR count). The van der Waals surface area contributed by atoms with Gasteiger partial charge in [-0.15, -0.1) is 0 Å². The minimum atomic E-state index is -3.73. The van der Waals surface area contributed by atoms with E-state index in [1.165, 1.54) is 31.4 Å². The van der Waals surface area contributed by atoms with Crippen molar-refractivity contribution in [2.45, 2.75) is 17.9 Å². The van der Waals surface area contributed by atoms with Crippen molar-refractivity contribution in [3.05, 3.63) is 60.2 Å². The van der Waals surface area contributed by atoms with Gasteiger partial charge in [0.15, 0.2) is 0 Å². The highest BCUT2D eigenvalue weighted by atomic mass is 32.2. The summed E-state index contributed by atoms with van der Waals surface area (Å²) in [4.78, 5) is 23.5. The number of amides is 1. The maximum Gasteiger partial charge on any atom is 0.325 e. The van der Waals surface area contributed by atoms with E-state index in [1.54, 1.807) is 0 Å². The summed E-state index contributed by atoms with van der Waals surface area (Å²) in [5.74, 6) is -0.498. The van der Waals surface area contributed by atoms with Gasteiger partial charge in [-0.2, -0.15) is 0 Å². The van der Waals surface area contributed by atoms with Crippen LogP contribution in [0, 0.1) is 0 Å². The van der Waals surface area contributed by atoms with E-state index in [-0.39, 0.29) is 31.0 Å². The Balaban J connectivity index is 1.68. The number of carbonyl (C=O) groups excluding carboxylic acids is 2. The highest BCUT2D eigenvalue weighted by Gasteiger charge is 2.14. The van der Waals surface area contributed by atoms with E-state index in [4.69, 9.17) is 9.47 Å². The number of nitrogens with one attached hydrogen (secondary N) is 2. The Kier molecular flexibility index (Phi) is 7.97. The monoisotopic (exact) mass is 406 g/mol. The molecule has 0 aliphatic rings. The van der Waals surface area contributed by atoms with Crippen LogP contribution < -0.4 is 14.8 Å². The second-order valence-corrected chi connectivity index (χ2v) is 7.51. The Morgan fingerprint density at radius 3 is 2.32 bits per heavy atom. The summed E-state index contributed by atoms with van der Waals surface area (Å²) in [5.41, 5.74) is 0.843. The molecule has 8 nitrogen and oxygen atoms in total. The Labute approximate surface area is 163 Å². The summed E-state index contributed by atoms with van der Waals surface area (Å²) < 4.78 is 36.6. The fourth-order valence-corrected chi connectivity index (χ4v) is 3.22. The van der Waals surface area contributed by atoms with Crippen molar-refractivity contribution in [1.82, 2.24) is 10.0 Å². The van der Waals surface area contributed by atoms with Crippen molar-refractivity contribution in [3.8, 4) is 5.75 Å². The molecule has 0 heterocycles. The molecule has 2 aromatic carbocycles. The van der Waals surface area contributed by atoms with Gasteiger partial charge >= 0.3 is 5.97 Å². The third-order valence-electron chi connectivity index (χ3n) is 3.69. The second-order valence-electron chi connectivity index (χ2n) is 5.75. The number of hydrogen-bond donors (Lipinski definition) is 2. The van der Waals surface area contributed by atoms with Gasteiger partial charge in [0.05, 0.1) is 12.0 Å². The minimum absolute atomic E-state index is 0.0678. The molecule has 0 aliphatic carbocycles. The van der Waals surface area contributed by atoms with Crippen LogP contribution in [0.1, 0.15) is 12.0 Å². The van der Waals surface area contributed by atoms with Crippen molar-refractivity contribution in [3.63, 3.8) is 0 Å². The van der Waals surface area contributed by atoms with Crippen LogP contribution in [0.15, 0.2) is 59.5 Å². The third kappa shape index (κ3) is 7.01. The van der Waals surface area contributed by atoms with Crippen LogP contribution >= 0.6 is 0 Å². The van der Waals surface area contributed by atoms with Gasteiger partial charge in [0.25, 0.3) is 0 Å². The lowest BCUT2D eigenvalue weighted by atomic mass is 10.2. The van der Waals surface area contributed by atoms with Crippen LogP contribution in [0.2, 0.25) is 0 Å². The van der Waals surface area contributed by atoms with E-state index >= 15 is 0 Å². The third-order valence-corrected chi connectivity index (χ3v) is 5.16. The molecule has 0 fully saturated rings. The number of sulfonamides is 1. The maximum absolute atomic E-state index is 12.1. The fraction of sp³-hybridized carbons (Fsp3) is 0.263. The van der Waals surface area contributed by atoms with Crippen LogP contribution in [0.25, 0.3) is 0 Å². The quantitative estimate of drug-likeness (QED) is 0.574. The summed E-state index contributed by atoms with van der Waals surface area (Å²) in [6.07, 6.45) is -0.110. The molecule has 28 heavy (non-hydrogen) atoms. The topological polar surface area (TPSA) is 111 Å². The van der Waals surface area contributed by atoms with Crippen molar-refractivity contribution < 1.29 is 27.5 Å². The van der Waals surface area contributed by atoms with Gasteiger partial charge in [0, 0.05) is 13.0 Å². The van der Waals surface area contributed by atoms with E-state index < -0.39 is 21.9 Å². The van der Waals surface area contributed by atoms with Gasteiger partial charge in [0.1, 0.15) is 18.9 Å². The standard InChI is InChI=1S/C19H22N2O6S/c1-26-16-7-9-17(10-8-16)28(24,25)21-12-11-18(22)20-13-19(23)27-14-15-5-3-2-4-6-15/h2-10,21H,11-14H2,1H3,(H,20,22). The highest BCUT2D eigenvalue weighted by molar-refractivity contribution is 7.89. The SMILES string of the molecule is COc1ccc(S(=O)(=O)NCCC(=O)NCC(=O)OCc2ccccc2)cc1. The van der Waals surface area contributed by atoms with E-state index in [2.05, 4.69) is 10.0 Å². The molecule has 2 aromatic rings. The number of methoxy groups -OCH3 is 1. The normalized spacial score (nSPS) is 10.9. The molecule has 0 aliphatic heterocycles. The van der Waals surface area contributed by atoms with Gasteiger partial charge in [0.2, 0.25) is 15.9 Å². The zero-order chi connectivity index (χ0) is 20.4. The molecular formula is C19H22N2O6S. The molecule has 1 amide bonds. The van der Waals surface area contributed by atoms with Crippen molar-refractivity contribution >= 4 is 21.9 Å². The van der Waals surface area contributed by atoms with Crippen LogP contribution in [-0.2, 0) is 31.0 Å². The molecule has 0 saturated carbocycles. The van der Waals surface area contributed by atoms with E-state index in [0.717, 1.165) is 5.56 Å². The smallest absolute Gasteiger partial charge is 0.325 e. The summed E-state index contributed by atoms with van der Waals surface area (Å²) >= 11 is 0. The number of carbonyl (C=O) groups is 2. The van der Waals surface area contributed by atoms with Gasteiger partial charge in [-0.1, -0.05) is 30.3 Å². The lowest BCUT2D eigenvalue weighted by Crippen LogP contribution is -2.34. The Hall–Kier alpha value is -2.91. The lowest BCUT2D eigenvalue weighted by molar-refractivity contribution is -0.145. The average molecular weight is 406 g/mol. The van der Waals surface area contributed by atoms with Gasteiger partial charge in [-0.05, 0) is 29.8 Å². The number of benzene rings is 2. The second kappa shape index (κ2) is 10.4. The van der Waals surface area contributed by atoms with Gasteiger partial charge in [-0.25, -0.2) is 13.1 Å². The molecule has 0 saturated heterocycles. The van der Waals surface area contributed by atoms with E-state index in [0.29, 0.717) is 5.75 Å². The molecule has 0 unspecified atom stereocenters. The summed E-state index contributed by atoms with van der Waals surface area (Å²) in [5, 5.41) is 2.39.